The summed E-state index contributed by atoms with van der Waals surface area (Å²) < 4.78 is 21.9. The van der Waals surface area contributed by atoms with Gasteiger partial charge in [-0.1, -0.05) is 6.08 Å². The van der Waals surface area contributed by atoms with Crippen LogP contribution in [0.25, 0.3) is 0 Å². The van der Waals surface area contributed by atoms with Crippen LogP contribution in [0.2, 0.25) is 0 Å². The summed E-state index contributed by atoms with van der Waals surface area (Å²) in [6.07, 6.45) is 1.56. The van der Waals surface area contributed by atoms with Crippen molar-refractivity contribution in [3.05, 3.63) is 12.7 Å². The van der Waals surface area contributed by atoms with Gasteiger partial charge in [-0.05, 0) is 6.42 Å². The number of sulfonamides is 1. The van der Waals surface area contributed by atoms with Gasteiger partial charge in [0.05, 0.1) is 5.75 Å². The summed E-state index contributed by atoms with van der Waals surface area (Å²) in [6, 6.07) is -0.986. The summed E-state index contributed by atoms with van der Waals surface area (Å²) in [5, 5.41) is 13.9. The highest BCUT2D eigenvalue weighted by Crippen LogP contribution is 2.22. The van der Waals surface area contributed by atoms with E-state index in [0.717, 1.165) is 0 Å². The SMILES string of the molecule is C=CCC(C(=O)O)N1CC(CS(N)(=O)=O)CC1=O. The molecule has 1 fully saturated rings. The van der Waals surface area contributed by atoms with E-state index in [4.69, 9.17) is 10.2 Å². The first-order valence-corrected chi connectivity index (χ1v) is 7.09. The van der Waals surface area contributed by atoms with Crippen LogP contribution >= 0.6 is 0 Å². The number of primary sulfonamides is 1. The second-order valence-corrected chi connectivity index (χ2v) is 5.98. The average Bonchev–Trinajstić information content (AvgIpc) is 2.52. The first-order chi connectivity index (χ1) is 8.24. The Kier molecular flexibility index (Phi) is 4.47. The highest BCUT2D eigenvalue weighted by atomic mass is 32.2. The van der Waals surface area contributed by atoms with Crippen molar-refractivity contribution in [3.8, 4) is 0 Å². The lowest BCUT2D eigenvalue weighted by atomic mass is 10.1. The molecule has 0 aromatic rings. The summed E-state index contributed by atoms with van der Waals surface area (Å²) in [4.78, 5) is 23.9. The highest BCUT2D eigenvalue weighted by molar-refractivity contribution is 7.89. The lowest BCUT2D eigenvalue weighted by Gasteiger charge is -2.23. The molecule has 2 unspecified atom stereocenters. The van der Waals surface area contributed by atoms with Crippen molar-refractivity contribution in [2.75, 3.05) is 12.3 Å². The summed E-state index contributed by atoms with van der Waals surface area (Å²) in [7, 11) is -3.66. The minimum absolute atomic E-state index is 0.0113. The maximum absolute atomic E-state index is 11.7. The Morgan fingerprint density at radius 1 is 1.67 bits per heavy atom. The Balaban J connectivity index is 2.77. The van der Waals surface area contributed by atoms with E-state index in [1.165, 1.54) is 11.0 Å². The van der Waals surface area contributed by atoms with Gasteiger partial charge >= 0.3 is 5.97 Å². The number of amides is 1. The van der Waals surface area contributed by atoms with Gasteiger partial charge in [-0.3, -0.25) is 4.79 Å². The van der Waals surface area contributed by atoms with Crippen molar-refractivity contribution in [2.24, 2.45) is 11.1 Å². The van der Waals surface area contributed by atoms with Gasteiger partial charge in [0, 0.05) is 18.9 Å². The fraction of sp³-hybridized carbons (Fsp3) is 0.600. The molecule has 1 aliphatic heterocycles. The fourth-order valence-electron chi connectivity index (χ4n) is 2.07. The minimum Gasteiger partial charge on any atom is -0.480 e. The molecular weight excluding hydrogens is 260 g/mol. The molecule has 1 heterocycles. The van der Waals surface area contributed by atoms with Gasteiger partial charge in [-0.2, -0.15) is 0 Å². The molecule has 18 heavy (non-hydrogen) atoms. The molecule has 102 valence electrons. The molecule has 0 aromatic carbocycles. The molecule has 3 N–H and O–H groups in total. The predicted molar refractivity (Wildman–Crippen MR) is 64.0 cm³/mol. The van der Waals surface area contributed by atoms with Gasteiger partial charge in [0.15, 0.2) is 0 Å². The van der Waals surface area contributed by atoms with Crippen LogP contribution < -0.4 is 5.14 Å². The monoisotopic (exact) mass is 276 g/mol. The van der Waals surface area contributed by atoms with Crippen molar-refractivity contribution < 1.29 is 23.1 Å². The van der Waals surface area contributed by atoms with E-state index in [2.05, 4.69) is 6.58 Å². The molecule has 0 bridgehead atoms. The van der Waals surface area contributed by atoms with Crippen LogP contribution in [0.3, 0.4) is 0 Å². The van der Waals surface area contributed by atoms with E-state index in [9.17, 15) is 18.0 Å². The van der Waals surface area contributed by atoms with Gasteiger partial charge < -0.3 is 10.0 Å². The summed E-state index contributed by atoms with van der Waals surface area (Å²) in [6.45, 7) is 3.54. The molecule has 7 nitrogen and oxygen atoms in total. The third kappa shape index (κ3) is 3.81. The molecule has 1 saturated heterocycles. The molecule has 0 aromatic heterocycles. The molecule has 1 aliphatic rings. The van der Waals surface area contributed by atoms with E-state index >= 15 is 0 Å². The topological polar surface area (TPSA) is 118 Å². The van der Waals surface area contributed by atoms with Gasteiger partial charge in [-0.15, -0.1) is 6.58 Å². The van der Waals surface area contributed by atoms with Crippen molar-refractivity contribution in [2.45, 2.75) is 18.9 Å². The number of carboxylic acid groups (broad SMARTS) is 1. The zero-order chi connectivity index (χ0) is 13.9. The first-order valence-electron chi connectivity index (χ1n) is 5.38. The third-order valence-electron chi connectivity index (χ3n) is 2.76. The van der Waals surface area contributed by atoms with Crippen molar-refractivity contribution in [1.29, 1.82) is 0 Å². The number of carbonyl (C=O) groups is 2. The maximum Gasteiger partial charge on any atom is 0.326 e. The number of nitrogens with two attached hydrogens (primary N) is 1. The number of nitrogens with zero attached hydrogens (tertiary/aromatic N) is 1. The second-order valence-electron chi connectivity index (χ2n) is 4.32. The Hall–Kier alpha value is -1.41. The molecule has 1 rings (SSSR count). The maximum atomic E-state index is 11.7. The molecule has 0 saturated carbocycles. The Morgan fingerprint density at radius 2 is 2.28 bits per heavy atom. The van der Waals surface area contributed by atoms with Crippen LogP contribution in [0.5, 0.6) is 0 Å². The van der Waals surface area contributed by atoms with E-state index in [1.54, 1.807) is 0 Å². The standard InChI is InChI=1S/C10H16N2O5S/c1-2-3-8(10(14)15)12-5-7(4-9(12)13)6-18(11,16)17/h2,7-8H,1,3-6H2,(H,14,15)(H2,11,16,17). The van der Waals surface area contributed by atoms with E-state index in [1.807, 2.05) is 0 Å². The Morgan fingerprint density at radius 3 is 2.72 bits per heavy atom. The molecular formula is C10H16N2O5S. The van der Waals surface area contributed by atoms with Crippen molar-refractivity contribution in [1.82, 2.24) is 4.90 Å². The zero-order valence-electron chi connectivity index (χ0n) is 9.78. The smallest absolute Gasteiger partial charge is 0.326 e. The van der Waals surface area contributed by atoms with Crippen molar-refractivity contribution >= 4 is 21.9 Å². The lowest BCUT2D eigenvalue weighted by molar-refractivity contribution is -0.148. The van der Waals surface area contributed by atoms with Gasteiger partial charge in [-0.25, -0.2) is 18.4 Å². The minimum atomic E-state index is -3.66. The van der Waals surface area contributed by atoms with Crippen molar-refractivity contribution in [3.63, 3.8) is 0 Å². The Bertz CT molecular complexity index is 459. The second kappa shape index (κ2) is 5.49. The quantitative estimate of drug-likeness (QED) is 0.613. The van der Waals surface area contributed by atoms with Crippen LogP contribution in [-0.2, 0) is 19.6 Å². The van der Waals surface area contributed by atoms with Gasteiger partial charge in [0.1, 0.15) is 6.04 Å². The van der Waals surface area contributed by atoms with Crippen LogP contribution in [0.15, 0.2) is 12.7 Å². The molecule has 0 spiro atoms. The average molecular weight is 276 g/mol. The summed E-state index contributed by atoms with van der Waals surface area (Å²) in [5.41, 5.74) is 0. The number of hydrogen-bond acceptors (Lipinski definition) is 4. The van der Waals surface area contributed by atoms with Crippen LogP contribution in [0, 0.1) is 5.92 Å². The fourth-order valence-corrected chi connectivity index (χ4v) is 2.95. The molecule has 8 heteroatoms. The highest BCUT2D eigenvalue weighted by Gasteiger charge is 2.38. The van der Waals surface area contributed by atoms with E-state index in [0.29, 0.717) is 0 Å². The molecule has 1 amide bonds. The number of aliphatic carboxylic acids is 1. The zero-order valence-corrected chi connectivity index (χ0v) is 10.6. The molecule has 2 atom stereocenters. The largest absolute Gasteiger partial charge is 0.480 e. The lowest BCUT2D eigenvalue weighted by Crippen LogP contribution is -2.42. The number of carbonyl (C=O) groups excluding carboxylic acids is 1. The number of hydrogen-bond donors (Lipinski definition) is 2. The normalized spacial score (nSPS) is 21.9. The van der Waals surface area contributed by atoms with E-state index in [-0.39, 0.29) is 31.0 Å². The number of likely N-dealkylation sites (tertiary alicyclic amines) is 1. The molecule has 0 radical (unpaired) electrons. The van der Waals surface area contributed by atoms with Gasteiger partial charge in [0.25, 0.3) is 0 Å². The first kappa shape index (κ1) is 14.7. The molecule has 0 aliphatic carbocycles. The van der Waals surface area contributed by atoms with Crippen LogP contribution in [-0.4, -0.2) is 48.6 Å². The summed E-state index contributed by atoms with van der Waals surface area (Å²) >= 11 is 0. The van der Waals surface area contributed by atoms with Gasteiger partial charge in [0.2, 0.25) is 15.9 Å². The van der Waals surface area contributed by atoms with Crippen LogP contribution in [0.4, 0.5) is 0 Å². The summed E-state index contributed by atoms with van der Waals surface area (Å²) in [5.74, 6) is -2.24. The van der Waals surface area contributed by atoms with Crippen LogP contribution in [0.1, 0.15) is 12.8 Å². The number of carboxylic acids is 1. The van der Waals surface area contributed by atoms with E-state index < -0.39 is 28.0 Å². The predicted octanol–water partition coefficient (Wildman–Crippen LogP) is -0.847. The third-order valence-corrected chi connectivity index (χ3v) is 3.69. The Labute approximate surface area is 105 Å². The number of rotatable bonds is 6.